The highest BCUT2D eigenvalue weighted by atomic mass is 16.5. The molecule has 0 unspecified atom stereocenters. The standard InChI is InChI=1S/C13H19NO2/c1-4-5-8-14-11-7-6-10(2)12(9-11)13(15)16-3/h6-7,9,14H,4-5,8H2,1-3H3. The van der Waals surface area contributed by atoms with Crippen LogP contribution >= 0.6 is 0 Å². The average Bonchev–Trinajstić information content (AvgIpc) is 2.30. The van der Waals surface area contributed by atoms with Gasteiger partial charge in [0.1, 0.15) is 0 Å². The first-order valence-corrected chi connectivity index (χ1v) is 5.62. The lowest BCUT2D eigenvalue weighted by Crippen LogP contribution is -2.06. The van der Waals surface area contributed by atoms with Gasteiger partial charge in [0.15, 0.2) is 0 Å². The van der Waals surface area contributed by atoms with Crippen molar-refractivity contribution in [2.75, 3.05) is 19.0 Å². The third-order valence-corrected chi connectivity index (χ3v) is 2.50. The quantitative estimate of drug-likeness (QED) is 0.613. The van der Waals surface area contributed by atoms with Crippen LogP contribution in [-0.4, -0.2) is 19.6 Å². The maximum absolute atomic E-state index is 11.5. The molecule has 1 aromatic carbocycles. The van der Waals surface area contributed by atoms with Crippen LogP contribution in [0, 0.1) is 6.92 Å². The molecule has 0 saturated heterocycles. The molecule has 0 aromatic heterocycles. The molecule has 0 aliphatic rings. The van der Waals surface area contributed by atoms with Gasteiger partial charge in [-0.3, -0.25) is 0 Å². The second-order valence-electron chi connectivity index (χ2n) is 3.80. The van der Waals surface area contributed by atoms with Crippen LogP contribution in [-0.2, 0) is 4.74 Å². The normalized spacial score (nSPS) is 9.94. The third kappa shape index (κ3) is 3.26. The molecule has 3 heteroatoms. The molecule has 0 aliphatic carbocycles. The van der Waals surface area contributed by atoms with Crippen molar-refractivity contribution >= 4 is 11.7 Å². The zero-order valence-electron chi connectivity index (χ0n) is 10.2. The van der Waals surface area contributed by atoms with E-state index >= 15 is 0 Å². The van der Waals surface area contributed by atoms with Gasteiger partial charge in [-0.15, -0.1) is 0 Å². The van der Waals surface area contributed by atoms with Gasteiger partial charge in [0.25, 0.3) is 0 Å². The molecule has 0 spiro atoms. The fourth-order valence-electron chi connectivity index (χ4n) is 1.47. The highest BCUT2D eigenvalue weighted by molar-refractivity contribution is 5.92. The molecule has 3 nitrogen and oxygen atoms in total. The number of nitrogens with one attached hydrogen (secondary N) is 1. The Labute approximate surface area is 96.8 Å². The van der Waals surface area contributed by atoms with Gasteiger partial charge >= 0.3 is 5.97 Å². The van der Waals surface area contributed by atoms with Crippen molar-refractivity contribution in [3.8, 4) is 0 Å². The Balaban J connectivity index is 2.77. The lowest BCUT2D eigenvalue weighted by Gasteiger charge is -2.09. The number of rotatable bonds is 5. The summed E-state index contributed by atoms with van der Waals surface area (Å²) in [6.07, 6.45) is 2.28. The predicted octanol–water partition coefficient (Wildman–Crippen LogP) is 2.99. The van der Waals surface area contributed by atoms with Crippen molar-refractivity contribution in [2.24, 2.45) is 0 Å². The largest absolute Gasteiger partial charge is 0.465 e. The van der Waals surface area contributed by atoms with Crippen molar-refractivity contribution in [3.63, 3.8) is 0 Å². The summed E-state index contributed by atoms with van der Waals surface area (Å²) in [5.74, 6) is -0.281. The predicted molar refractivity (Wildman–Crippen MR) is 65.9 cm³/mol. The molecular weight excluding hydrogens is 202 g/mol. The molecule has 16 heavy (non-hydrogen) atoms. The summed E-state index contributed by atoms with van der Waals surface area (Å²) in [6.45, 7) is 4.99. The van der Waals surface area contributed by atoms with Crippen molar-refractivity contribution in [1.82, 2.24) is 0 Å². The molecule has 0 bridgehead atoms. The molecule has 0 amide bonds. The number of aryl methyl sites for hydroxylation is 1. The third-order valence-electron chi connectivity index (χ3n) is 2.50. The number of unbranched alkanes of at least 4 members (excludes halogenated alkanes) is 1. The zero-order chi connectivity index (χ0) is 12.0. The van der Waals surface area contributed by atoms with Crippen molar-refractivity contribution < 1.29 is 9.53 Å². The van der Waals surface area contributed by atoms with Gasteiger partial charge in [-0.2, -0.15) is 0 Å². The number of carbonyl (C=O) groups is 1. The van der Waals surface area contributed by atoms with Crippen LogP contribution in [0.3, 0.4) is 0 Å². The van der Waals surface area contributed by atoms with E-state index in [0.29, 0.717) is 5.56 Å². The molecule has 0 radical (unpaired) electrons. The lowest BCUT2D eigenvalue weighted by molar-refractivity contribution is 0.0600. The van der Waals surface area contributed by atoms with Gasteiger partial charge in [-0.25, -0.2) is 4.79 Å². The Morgan fingerprint density at radius 1 is 1.44 bits per heavy atom. The smallest absolute Gasteiger partial charge is 0.338 e. The minimum Gasteiger partial charge on any atom is -0.465 e. The van der Waals surface area contributed by atoms with Crippen molar-refractivity contribution in [2.45, 2.75) is 26.7 Å². The molecule has 88 valence electrons. The fourth-order valence-corrected chi connectivity index (χ4v) is 1.47. The Bertz CT molecular complexity index is 361. The molecule has 0 fully saturated rings. The van der Waals surface area contributed by atoms with E-state index in [4.69, 9.17) is 4.74 Å². The number of anilines is 1. The maximum Gasteiger partial charge on any atom is 0.338 e. The van der Waals surface area contributed by atoms with Gasteiger partial charge in [-0.1, -0.05) is 19.4 Å². The van der Waals surface area contributed by atoms with Crippen LogP contribution in [0.25, 0.3) is 0 Å². The topological polar surface area (TPSA) is 38.3 Å². The zero-order valence-corrected chi connectivity index (χ0v) is 10.2. The van der Waals surface area contributed by atoms with E-state index in [1.807, 2.05) is 25.1 Å². The number of ether oxygens (including phenoxy) is 1. The summed E-state index contributed by atoms with van der Waals surface area (Å²) in [7, 11) is 1.40. The SMILES string of the molecule is CCCCNc1ccc(C)c(C(=O)OC)c1. The highest BCUT2D eigenvalue weighted by Gasteiger charge is 2.09. The molecule has 0 heterocycles. The lowest BCUT2D eigenvalue weighted by atomic mass is 10.1. The second-order valence-corrected chi connectivity index (χ2v) is 3.80. The summed E-state index contributed by atoms with van der Waals surface area (Å²) in [4.78, 5) is 11.5. The van der Waals surface area contributed by atoms with Crippen molar-refractivity contribution in [3.05, 3.63) is 29.3 Å². The highest BCUT2D eigenvalue weighted by Crippen LogP contribution is 2.16. The van der Waals surface area contributed by atoms with Crippen LogP contribution in [0.1, 0.15) is 35.7 Å². The van der Waals surface area contributed by atoms with E-state index in [9.17, 15) is 4.79 Å². The molecule has 1 N–H and O–H groups in total. The molecule has 1 rings (SSSR count). The minimum atomic E-state index is -0.281. The Kier molecular flexibility index (Phi) is 4.83. The van der Waals surface area contributed by atoms with Crippen LogP contribution in [0.15, 0.2) is 18.2 Å². The first-order valence-electron chi connectivity index (χ1n) is 5.62. The number of esters is 1. The summed E-state index contributed by atoms with van der Waals surface area (Å²) < 4.78 is 4.73. The monoisotopic (exact) mass is 221 g/mol. The summed E-state index contributed by atoms with van der Waals surface area (Å²) in [5, 5.41) is 3.28. The van der Waals surface area contributed by atoms with E-state index in [0.717, 1.165) is 30.6 Å². The maximum atomic E-state index is 11.5. The van der Waals surface area contributed by atoms with E-state index in [1.54, 1.807) is 0 Å². The average molecular weight is 221 g/mol. The summed E-state index contributed by atoms with van der Waals surface area (Å²) >= 11 is 0. The van der Waals surface area contributed by atoms with Crippen LogP contribution in [0.5, 0.6) is 0 Å². The van der Waals surface area contributed by atoms with E-state index in [-0.39, 0.29) is 5.97 Å². The second kappa shape index (κ2) is 6.16. The Hall–Kier alpha value is -1.51. The fraction of sp³-hybridized carbons (Fsp3) is 0.462. The van der Waals surface area contributed by atoms with Gasteiger partial charge in [0.2, 0.25) is 0 Å². The Morgan fingerprint density at radius 2 is 2.19 bits per heavy atom. The number of carbonyl (C=O) groups excluding carboxylic acids is 1. The van der Waals surface area contributed by atoms with Crippen molar-refractivity contribution in [1.29, 1.82) is 0 Å². The van der Waals surface area contributed by atoms with Gasteiger partial charge in [0.05, 0.1) is 12.7 Å². The first-order chi connectivity index (χ1) is 7.69. The Morgan fingerprint density at radius 3 is 2.81 bits per heavy atom. The molecule has 0 atom stereocenters. The molecular formula is C13H19NO2. The number of hydrogen-bond acceptors (Lipinski definition) is 3. The summed E-state index contributed by atoms with van der Waals surface area (Å²) in [5.41, 5.74) is 2.54. The minimum absolute atomic E-state index is 0.281. The van der Waals surface area contributed by atoms with Gasteiger partial charge in [-0.05, 0) is 31.0 Å². The van der Waals surface area contributed by atoms with E-state index < -0.39 is 0 Å². The van der Waals surface area contributed by atoms with Gasteiger partial charge in [0, 0.05) is 12.2 Å². The van der Waals surface area contributed by atoms with Crippen LogP contribution < -0.4 is 5.32 Å². The molecule has 0 saturated carbocycles. The van der Waals surface area contributed by atoms with E-state index in [2.05, 4.69) is 12.2 Å². The molecule has 0 aliphatic heterocycles. The van der Waals surface area contributed by atoms with Gasteiger partial charge < -0.3 is 10.1 Å². The summed E-state index contributed by atoms with van der Waals surface area (Å²) in [6, 6.07) is 5.76. The van der Waals surface area contributed by atoms with Crippen LogP contribution in [0.2, 0.25) is 0 Å². The van der Waals surface area contributed by atoms with Crippen LogP contribution in [0.4, 0.5) is 5.69 Å². The molecule has 1 aromatic rings. The number of hydrogen-bond donors (Lipinski definition) is 1. The number of methoxy groups -OCH3 is 1. The first kappa shape index (κ1) is 12.6. The van der Waals surface area contributed by atoms with E-state index in [1.165, 1.54) is 7.11 Å². The number of benzene rings is 1.